The summed E-state index contributed by atoms with van der Waals surface area (Å²) in [5.74, 6) is 1.20. The fourth-order valence-corrected chi connectivity index (χ4v) is 3.57. The molecule has 0 spiro atoms. The number of likely N-dealkylation sites (tertiary alicyclic amines) is 1. The Bertz CT molecular complexity index is 704. The van der Waals surface area contributed by atoms with Gasteiger partial charge >= 0.3 is 0 Å². The summed E-state index contributed by atoms with van der Waals surface area (Å²) >= 11 is 0. The van der Waals surface area contributed by atoms with Crippen LogP contribution in [0.1, 0.15) is 41.8 Å². The van der Waals surface area contributed by atoms with Crippen LogP contribution in [0.5, 0.6) is 0 Å². The molecule has 5 heteroatoms. The summed E-state index contributed by atoms with van der Waals surface area (Å²) in [4.78, 5) is 14.6. The molecule has 1 fully saturated rings. The second kappa shape index (κ2) is 7.81. The van der Waals surface area contributed by atoms with E-state index in [-0.39, 0.29) is 11.7 Å². The van der Waals surface area contributed by atoms with Crippen molar-refractivity contribution >= 4 is 5.91 Å². The Morgan fingerprint density at radius 3 is 2.76 bits per heavy atom. The van der Waals surface area contributed by atoms with Gasteiger partial charge in [0.25, 0.3) is 0 Å². The van der Waals surface area contributed by atoms with Crippen LogP contribution in [0.3, 0.4) is 0 Å². The first-order chi connectivity index (χ1) is 12.0. The van der Waals surface area contributed by atoms with Crippen LogP contribution in [0.15, 0.2) is 28.8 Å². The highest BCUT2D eigenvalue weighted by Crippen LogP contribution is 2.23. The summed E-state index contributed by atoms with van der Waals surface area (Å²) in [5.41, 5.74) is 2.87. The molecule has 0 bridgehead atoms. The predicted molar refractivity (Wildman–Crippen MR) is 93.7 cm³/mol. The summed E-state index contributed by atoms with van der Waals surface area (Å²) in [6, 6.07) is 6.71. The Morgan fingerprint density at radius 1 is 1.32 bits per heavy atom. The zero-order chi connectivity index (χ0) is 17.8. The second-order valence-corrected chi connectivity index (χ2v) is 6.99. The average Bonchev–Trinajstić information content (AvgIpc) is 2.93. The number of benzene rings is 1. The molecule has 1 aromatic carbocycles. The second-order valence-electron chi connectivity index (χ2n) is 6.99. The Balaban J connectivity index is 1.53. The summed E-state index contributed by atoms with van der Waals surface area (Å²) in [5, 5.41) is 3.93. The minimum Gasteiger partial charge on any atom is -0.361 e. The van der Waals surface area contributed by atoms with Crippen molar-refractivity contribution in [1.82, 2.24) is 10.1 Å². The van der Waals surface area contributed by atoms with E-state index in [1.54, 1.807) is 0 Å². The highest BCUT2D eigenvalue weighted by molar-refractivity contribution is 5.79. The van der Waals surface area contributed by atoms with Crippen molar-refractivity contribution < 1.29 is 13.7 Å². The van der Waals surface area contributed by atoms with E-state index in [0.717, 1.165) is 61.4 Å². The van der Waals surface area contributed by atoms with Gasteiger partial charge in [0.05, 0.1) is 12.1 Å². The van der Waals surface area contributed by atoms with E-state index in [9.17, 15) is 9.18 Å². The minimum absolute atomic E-state index is 0.154. The zero-order valence-corrected chi connectivity index (χ0v) is 14.9. The van der Waals surface area contributed by atoms with Crippen LogP contribution in [0, 0.1) is 25.6 Å². The summed E-state index contributed by atoms with van der Waals surface area (Å²) < 4.78 is 18.1. The third kappa shape index (κ3) is 4.47. The first kappa shape index (κ1) is 17.6. The molecule has 3 rings (SSSR count). The molecule has 0 aliphatic carbocycles. The topological polar surface area (TPSA) is 46.3 Å². The van der Waals surface area contributed by atoms with Crippen LogP contribution in [0.25, 0.3) is 0 Å². The van der Waals surface area contributed by atoms with Gasteiger partial charge in [-0.3, -0.25) is 4.79 Å². The molecule has 0 N–H and O–H groups in total. The molecule has 1 aliphatic rings. The maximum Gasteiger partial charge on any atom is 0.227 e. The molecule has 1 aromatic heterocycles. The van der Waals surface area contributed by atoms with Crippen molar-refractivity contribution in [3.8, 4) is 0 Å². The number of halogens is 1. The van der Waals surface area contributed by atoms with Crippen LogP contribution in [0.4, 0.5) is 4.39 Å². The smallest absolute Gasteiger partial charge is 0.227 e. The number of rotatable bonds is 5. The third-order valence-corrected chi connectivity index (χ3v) is 5.14. The molecule has 0 unspecified atom stereocenters. The van der Waals surface area contributed by atoms with Gasteiger partial charge in [-0.05, 0) is 63.1 Å². The number of aryl methyl sites for hydroxylation is 3. The van der Waals surface area contributed by atoms with Gasteiger partial charge in [-0.15, -0.1) is 0 Å². The van der Waals surface area contributed by atoms with Crippen LogP contribution in [0.2, 0.25) is 0 Å². The molecule has 134 valence electrons. The maximum atomic E-state index is 13.0. The molecular weight excluding hydrogens is 319 g/mol. The molecule has 1 aliphatic heterocycles. The van der Waals surface area contributed by atoms with Crippen LogP contribution < -0.4 is 0 Å². The molecule has 2 heterocycles. The number of carbonyl (C=O) groups excluding carboxylic acids is 1. The van der Waals surface area contributed by atoms with E-state index >= 15 is 0 Å². The van der Waals surface area contributed by atoms with E-state index in [1.165, 1.54) is 12.1 Å². The van der Waals surface area contributed by atoms with Crippen molar-refractivity contribution in [3.63, 3.8) is 0 Å². The fraction of sp³-hybridized carbons (Fsp3) is 0.500. The van der Waals surface area contributed by atoms with E-state index in [0.29, 0.717) is 12.3 Å². The number of hydrogen-bond acceptors (Lipinski definition) is 3. The van der Waals surface area contributed by atoms with Gasteiger partial charge in [-0.25, -0.2) is 4.39 Å². The van der Waals surface area contributed by atoms with E-state index < -0.39 is 0 Å². The standard InChI is InChI=1S/C20H25FN2O2/c1-14-19(15(2)25-22-14)12-20(24)23-11-3-4-17(13-23)6-5-16-7-9-18(21)10-8-16/h7-10,17H,3-6,11-13H2,1-2H3/t17-/m0/s1. The molecule has 2 aromatic rings. The third-order valence-electron chi connectivity index (χ3n) is 5.14. The molecule has 0 radical (unpaired) electrons. The average molecular weight is 344 g/mol. The number of nitrogens with zero attached hydrogens (tertiary/aromatic N) is 2. The van der Waals surface area contributed by atoms with Gasteiger partial charge in [-0.2, -0.15) is 0 Å². The van der Waals surface area contributed by atoms with Crippen molar-refractivity contribution in [1.29, 1.82) is 0 Å². The van der Waals surface area contributed by atoms with Gasteiger partial charge in [0.1, 0.15) is 11.6 Å². The van der Waals surface area contributed by atoms with Crippen LogP contribution in [-0.2, 0) is 17.6 Å². The normalized spacial score (nSPS) is 17.7. The lowest BCUT2D eigenvalue weighted by Gasteiger charge is -2.33. The Labute approximate surface area is 148 Å². The minimum atomic E-state index is -0.197. The number of aromatic nitrogens is 1. The molecule has 0 saturated carbocycles. The largest absolute Gasteiger partial charge is 0.361 e. The van der Waals surface area contributed by atoms with Crippen molar-refractivity contribution in [2.45, 2.75) is 46.0 Å². The molecule has 1 amide bonds. The molecule has 4 nitrogen and oxygen atoms in total. The maximum absolute atomic E-state index is 13.0. The lowest BCUT2D eigenvalue weighted by molar-refractivity contribution is -0.132. The van der Waals surface area contributed by atoms with Gasteiger partial charge < -0.3 is 9.42 Å². The number of piperidine rings is 1. The molecule has 1 atom stereocenters. The lowest BCUT2D eigenvalue weighted by atomic mass is 9.91. The highest BCUT2D eigenvalue weighted by atomic mass is 19.1. The van der Waals surface area contributed by atoms with Crippen molar-refractivity contribution in [2.75, 3.05) is 13.1 Å². The van der Waals surface area contributed by atoms with Gasteiger partial charge in [0.15, 0.2) is 0 Å². The lowest BCUT2D eigenvalue weighted by Crippen LogP contribution is -2.41. The van der Waals surface area contributed by atoms with E-state index in [1.807, 2.05) is 30.9 Å². The molecule has 25 heavy (non-hydrogen) atoms. The summed E-state index contributed by atoms with van der Waals surface area (Å²) in [6.45, 7) is 5.36. The Morgan fingerprint density at radius 2 is 2.08 bits per heavy atom. The van der Waals surface area contributed by atoms with Gasteiger partial charge in [0, 0.05) is 18.7 Å². The first-order valence-corrected chi connectivity index (χ1v) is 8.97. The predicted octanol–water partition coefficient (Wildman–Crippen LogP) is 3.84. The monoisotopic (exact) mass is 344 g/mol. The highest BCUT2D eigenvalue weighted by Gasteiger charge is 2.25. The Hall–Kier alpha value is -2.17. The van der Waals surface area contributed by atoms with Crippen LogP contribution in [-0.4, -0.2) is 29.1 Å². The van der Waals surface area contributed by atoms with Crippen molar-refractivity contribution in [3.05, 3.63) is 52.7 Å². The SMILES string of the molecule is Cc1noc(C)c1CC(=O)N1CCC[C@@H](CCc2ccc(F)cc2)C1. The first-order valence-electron chi connectivity index (χ1n) is 8.97. The van der Waals surface area contributed by atoms with Crippen LogP contribution >= 0.6 is 0 Å². The molecule has 1 saturated heterocycles. The van der Waals surface area contributed by atoms with Gasteiger partial charge in [0.2, 0.25) is 5.91 Å². The number of amides is 1. The number of hydrogen-bond donors (Lipinski definition) is 0. The number of carbonyl (C=O) groups is 1. The fourth-order valence-electron chi connectivity index (χ4n) is 3.57. The van der Waals surface area contributed by atoms with E-state index in [2.05, 4.69) is 5.16 Å². The van der Waals surface area contributed by atoms with Crippen molar-refractivity contribution in [2.24, 2.45) is 5.92 Å². The Kier molecular flexibility index (Phi) is 5.51. The molecular formula is C20H25FN2O2. The quantitative estimate of drug-likeness (QED) is 0.828. The zero-order valence-electron chi connectivity index (χ0n) is 14.9. The van der Waals surface area contributed by atoms with E-state index in [4.69, 9.17) is 4.52 Å². The summed E-state index contributed by atoms with van der Waals surface area (Å²) in [6.07, 6.45) is 4.52. The summed E-state index contributed by atoms with van der Waals surface area (Å²) in [7, 11) is 0. The van der Waals surface area contributed by atoms with Gasteiger partial charge in [-0.1, -0.05) is 17.3 Å².